The topological polar surface area (TPSA) is 110 Å². The molecule has 0 radical (unpaired) electrons. The smallest absolute Gasteiger partial charge is 0.269 e. The van der Waals surface area contributed by atoms with E-state index in [1.54, 1.807) is 4.90 Å². The number of benzene rings is 1. The molecule has 0 aromatic heterocycles. The number of methoxy groups -OCH3 is 1. The molecule has 142 valence electrons. The van der Waals surface area contributed by atoms with Crippen molar-refractivity contribution in [2.45, 2.75) is 30.2 Å². The van der Waals surface area contributed by atoms with Crippen LogP contribution in [0, 0.1) is 0 Å². The maximum absolute atomic E-state index is 12.9. The van der Waals surface area contributed by atoms with Crippen molar-refractivity contribution in [1.82, 2.24) is 9.21 Å². The molecule has 3 rings (SSSR count). The first-order chi connectivity index (χ1) is 12.4. The fourth-order valence-corrected chi connectivity index (χ4v) is 5.06. The van der Waals surface area contributed by atoms with Crippen molar-refractivity contribution in [3.63, 3.8) is 0 Å². The van der Waals surface area contributed by atoms with Crippen LogP contribution in [0.1, 0.15) is 40.0 Å². The zero-order chi connectivity index (χ0) is 18.9. The standard InChI is InChI=1S/C17H23N3O5S/c1-25-9-8-20-17(22)14-6-5-12(10-15(14)26(20,23)24)16(21)19-7-3-2-4-13(19)11-18/h5-6,10,13H,2-4,7-9,11,18H2,1H3. The highest BCUT2D eigenvalue weighted by Gasteiger charge is 2.41. The summed E-state index contributed by atoms with van der Waals surface area (Å²) in [6, 6.07) is 4.19. The molecule has 0 bridgehead atoms. The molecule has 0 aliphatic carbocycles. The molecular weight excluding hydrogens is 358 g/mol. The molecule has 2 aliphatic heterocycles. The maximum Gasteiger partial charge on any atom is 0.269 e. The molecule has 1 aromatic carbocycles. The van der Waals surface area contributed by atoms with E-state index in [-0.39, 0.29) is 41.1 Å². The lowest BCUT2D eigenvalue weighted by Gasteiger charge is -2.35. The number of nitrogens with zero attached hydrogens (tertiary/aromatic N) is 2. The van der Waals surface area contributed by atoms with Gasteiger partial charge in [0, 0.05) is 31.8 Å². The highest BCUT2D eigenvalue weighted by molar-refractivity contribution is 7.90. The van der Waals surface area contributed by atoms with Crippen LogP contribution in [0.2, 0.25) is 0 Å². The van der Waals surface area contributed by atoms with Crippen LogP contribution in [0.4, 0.5) is 0 Å². The van der Waals surface area contributed by atoms with E-state index in [0.717, 1.165) is 23.6 Å². The third-order valence-electron chi connectivity index (χ3n) is 4.91. The average Bonchev–Trinajstić information content (AvgIpc) is 2.85. The first-order valence-corrected chi connectivity index (χ1v) is 10.1. The Labute approximate surface area is 152 Å². The van der Waals surface area contributed by atoms with E-state index < -0.39 is 15.9 Å². The van der Waals surface area contributed by atoms with E-state index in [9.17, 15) is 18.0 Å². The summed E-state index contributed by atoms with van der Waals surface area (Å²) in [7, 11) is -2.53. The van der Waals surface area contributed by atoms with Crippen LogP contribution in [0.25, 0.3) is 0 Å². The molecule has 8 nitrogen and oxygen atoms in total. The average molecular weight is 381 g/mol. The number of hydrogen-bond donors (Lipinski definition) is 1. The largest absolute Gasteiger partial charge is 0.383 e. The Bertz CT molecular complexity index is 824. The quantitative estimate of drug-likeness (QED) is 0.792. The van der Waals surface area contributed by atoms with E-state index in [1.165, 1.54) is 25.3 Å². The highest BCUT2D eigenvalue weighted by atomic mass is 32.2. The van der Waals surface area contributed by atoms with Crippen LogP contribution in [-0.2, 0) is 14.8 Å². The lowest BCUT2D eigenvalue weighted by Crippen LogP contribution is -2.47. The van der Waals surface area contributed by atoms with Crippen LogP contribution in [0.5, 0.6) is 0 Å². The van der Waals surface area contributed by atoms with Gasteiger partial charge in [0.15, 0.2) is 0 Å². The summed E-state index contributed by atoms with van der Waals surface area (Å²) in [6.07, 6.45) is 2.76. The van der Waals surface area contributed by atoms with Crippen LogP contribution < -0.4 is 5.73 Å². The summed E-state index contributed by atoms with van der Waals surface area (Å²) in [5, 5.41) is 0. The second-order valence-electron chi connectivity index (χ2n) is 6.47. The second-order valence-corrected chi connectivity index (χ2v) is 8.30. The van der Waals surface area contributed by atoms with Gasteiger partial charge >= 0.3 is 0 Å². The van der Waals surface area contributed by atoms with E-state index in [1.807, 2.05) is 0 Å². The van der Waals surface area contributed by atoms with Crippen molar-refractivity contribution < 1.29 is 22.7 Å². The van der Waals surface area contributed by atoms with E-state index in [2.05, 4.69) is 0 Å². The number of piperidine rings is 1. The van der Waals surface area contributed by atoms with Crippen LogP contribution in [-0.4, -0.2) is 68.8 Å². The fourth-order valence-electron chi connectivity index (χ4n) is 3.48. The van der Waals surface area contributed by atoms with Gasteiger partial charge in [-0.05, 0) is 37.5 Å². The molecule has 1 aromatic rings. The summed E-state index contributed by atoms with van der Waals surface area (Å²) in [5.41, 5.74) is 6.12. The first kappa shape index (κ1) is 18.8. The van der Waals surface area contributed by atoms with Gasteiger partial charge < -0.3 is 15.4 Å². The minimum absolute atomic E-state index is 0.0408. The number of likely N-dealkylation sites (tertiary alicyclic amines) is 1. The summed E-state index contributed by atoms with van der Waals surface area (Å²) >= 11 is 0. The number of ether oxygens (including phenoxy) is 1. The van der Waals surface area contributed by atoms with Crippen molar-refractivity contribution in [3.05, 3.63) is 29.3 Å². The third-order valence-corrected chi connectivity index (χ3v) is 6.73. The Balaban J connectivity index is 1.93. The molecule has 9 heteroatoms. The molecule has 0 saturated carbocycles. The van der Waals surface area contributed by atoms with Gasteiger partial charge in [-0.25, -0.2) is 12.7 Å². The summed E-state index contributed by atoms with van der Waals surface area (Å²) in [4.78, 5) is 26.8. The van der Waals surface area contributed by atoms with Gasteiger partial charge in [-0.3, -0.25) is 9.59 Å². The Morgan fingerprint density at radius 1 is 1.35 bits per heavy atom. The van der Waals surface area contributed by atoms with Crippen molar-refractivity contribution in [3.8, 4) is 0 Å². The number of sulfonamides is 1. The Morgan fingerprint density at radius 3 is 2.81 bits per heavy atom. The highest BCUT2D eigenvalue weighted by Crippen LogP contribution is 2.31. The zero-order valence-corrected chi connectivity index (χ0v) is 15.5. The predicted molar refractivity (Wildman–Crippen MR) is 94.3 cm³/mol. The number of fused-ring (bicyclic) bond motifs is 1. The molecule has 2 N–H and O–H groups in total. The maximum atomic E-state index is 12.9. The molecule has 1 saturated heterocycles. The van der Waals surface area contributed by atoms with Crippen molar-refractivity contribution in [1.29, 1.82) is 0 Å². The van der Waals surface area contributed by atoms with Crippen molar-refractivity contribution in [2.75, 3.05) is 33.4 Å². The van der Waals surface area contributed by atoms with Crippen LogP contribution >= 0.6 is 0 Å². The Hall–Kier alpha value is -1.97. The normalized spacial score (nSPS) is 21.8. The monoisotopic (exact) mass is 381 g/mol. The molecule has 2 heterocycles. The van der Waals surface area contributed by atoms with Gasteiger partial charge in [-0.1, -0.05) is 0 Å². The summed E-state index contributed by atoms with van der Waals surface area (Å²) in [6.45, 7) is 1.02. The number of hydrogen-bond acceptors (Lipinski definition) is 6. The van der Waals surface area contributed by atoms with E-state index in [0.29, 0.717) is 13.1 Å². The Kier molecular flexibility index (Phi) is 5.31. The van der Waals surface area contributed by atoms with Gasteiger partial charge in [0.05, 0.1) is 18.7 Å². The molecule has 1 unspecified atom stereocenters. The second kappa shape index (κ2) is 7.34. The minimum Gasteiger partial charge on any atom is -0.383 e. The van der Waals surface area contributed by atoms with Crippen LogP contribution in [0.15, 0.2) is 23.1 Å². The van der Waals surface area contributed by atoms with Gasteiger partial charge in [0.2, 0.25) is 0 Å². The number of rotatable bonds is 5. The van der Waals surface area contributed by atoms with Crippen molar-refractivity contribution in [2.24, 2.45) is 5.73 Å². The van der Waals surface area contributed by atoms with E-state index >= 15 is 0 Å². The van der Waals surface area contributed by atoms with Gasteiger partial charge in [-0.15, -0.1) is 0 Å². The molecule has 1 atom stereocenters. The summed E-state index contributed by atoms with van der Waals surface area (Å²) < 4.78 is 31.0. The van der Waals surface area contributed by atoms with Crippen molar-refractivity contribution >= 4 is 21.8 Å². The molecular formula is C17H23N3O5S. The first-order valence-electron chi connectivity index (χ1n) is 8.63. The van der Waals surface area contributed by atoms with Crippen LogP contribution in [0.3, 0.4) is 0 Å². The lowest BCUT2D eigenvalue weighted by atomic mass is 10.0. The van der Waals surface area contributed by atoms with Gasteiger partial charge in [-0.2, -0.15) is 0 Å². The SMILES string of the molecule is COCCN1C(=O)c2ccc(C(=O)N3CCCCC3CN)cc2S1(=O)=O. The number of carbonyl (C=O) groups is 2. The Morgan fingerprint density at radius 2 is 2.12 bits per heavy atom. The molecule has 1 fully saturated rings. The summed E-state index contributed by atoms with van der Waals surface area (Å²) in [5.74, 6) is -0.838. The molecule has 2 aliphatic rings. The molecule has 26 heavy (non-hydrogen) atoms. The molecule has 0 spiro atoms. The molecule has 2 amide bonds. The number of nitrogens with two attached hydrogens (primary N) is 1. The third kappa shape index (κ3) is 3.10. The predicted octanol–water partition coefficient (Wildman–Crippen LogP) is 0.431. The number of amides is 2. The van der Waals surface area contributed by atoms with Gasteiger partial charge in [0.25, 0.3) is 21.8 Å². The van der Waals surface area contributed by atoms with E-state index in [4.69, 9.17) is 10.5 Å². The minimum atomic E-state index is -3.97. The lowest BCUT2D eigenvalue weighted by molar-refractivity contribution is 0.0622. The van der Waals surface area contributed by atoms with Gasteiger partial charge in [0.1, 0.15) is 4.90 Å². The zero-order valence-electron chi connectivity index (χ0n) is 14.7. The number of carbonyl (C=O) groups excluding carboxylic acids is 2. The fraction of sp³-hybridized carbons (Fsp3) is 0.529.